The highest BCUT2D eigenvalue weighted by atomic mass is 16.5. The number of hydrogen-bond donors (Lipinski definition) is 2. The molecule has 0 saturated heterocycles. The second-order valence-electron chi connectivity index (χ2n) is 7.39. The summed E-state index contributed by atoms with van der Waals surface area (Å²) in [5.74, 6) is -0.645. The molecule has 27 heavy (non-hydrogen) atoms. The van der Waals surface area contributed by atoms with E-state index in [0.717, 1.165) is 41.5 Å². The van der Waals surface area contributed by atoms with Crippen molar-refractivity contribution in [1.82, 2.24) is 5.32 Å². The minimum Gasteiger partial charge on any atom is -0.480 e. The predicted molar refractivity (Wildman–Crippen MR) is 102 cm³/mol. The molecule has 5 heteroatoms. The minimum absolute atomic E-state index is 0.0296. The number of hydrogen-bond acceptors (Lipinski definition) is 3. The Balaban J connectivity index is 1.42. The Kier molecular flexibility index (Phi) is 4.84. The number of carbonyl (C=O) groups excluding carboxylic acids is 1. The van der Waals surface area contributed by atoms with Gasteiger partial charge in [-0.05, 0) is 34.6 Å². The zero-order valence-electron chi connectivity index (χ0n) is 15.1. The Bertz CT molecular complexity index is 813. The van der Waals surface area contributed by atoms with E-state index in [1.165, 1.54) is 0 Å². The van der Waals surface area contributed by atoms with Crippen molar-refractivity contribution in [3.63, 3.8) is 0 Å². The van der Waals surface area contributed by atoms with E-state index in [2.05, 4.69) is 29.6 Å². The molecule has 4 rings (SSSR count). The summed E-state index contributed by atoms with van der Waals surface area (Å²) in [5.41, 5.74) is 4.59. The number of aliphatic carboxylic acids is 1. The number of carboxylic acid groups (broad SMARTS) is 1. The van der Waals surface area contributed by atoms with Crippen LogP contribution in [0.3, 0.4) is 0 Å². The van der Waals surface area contributed by atoms with Crippen LogP contribution in [-0.4, -0.2) is 29.8 Å². The molecule has 0 radical (unpaired) electrons. The van der Waals surface area contributed by atoms with E-state index in [1.54, 1.807) is 0 Å². The van der Waals surface area contributed by atoms with Crippen LogP contribution in [0.2, 0.25) is 0 Å². The summed E-state index contributed by atoms with van der Waals surface area (Å²) in [6.45, 7) is 0.190. The van der Waals surface area contributed by atoms with E-state index in [1.807, 2.05) is 24.3 Å². The molecule has 0 spiro atoms. The smallest absolute Gasteiger partial charge is 0.407 e. The summed E-state index contributed by atoms with van der Waals surface area (Å²) in [4.78, 5) is 23.7. The largest absolute Gasteiger partial charge is 0.480 e. The van der Waals surface area contributed by atoms with Crippen LogP contribution in [0.5, 0.6) is 0 Å². The number of fused-ring (bicyclic) bond motifs is 3. The molecule has 2 aliphatic rings. The SMILES string of the molecule is O=C(N[C@@H](CC1CCC1)C(=O)O)OCC1c2ccccc2-c2ccccc21. The van der Waals surface area contributed by atoms with Gasteiger partial charge in [0.2, 0.25) is 0 Å². The van der Waals surface area contributed by atoms with Gasteiger partial charge in [0.05, 0.1) is 0 Å². The highest BCUT2D eigenvalue weighted by molar-refractivity contribution is 5.81. The molecule has 0 unspecified atom stereocenters. The summed E-state index contributed by atoms with van der Waals surface area (Å²) in [6, 6.07) is 15.3. The Morgan fingerprint density at radius 3 is 2.15 bits per heavy atom. The maximum absolute atomic E-state index is 12.2. The van der Waals surface area contributed by atoms with Gasteiger partial charge in [-0.15, -0.1) is 0 Å². The van der Waals surface area contributed by atoms with E-state index in [0.29, 0.717) is 12.3 Å². The molecule has 1 fully saturated rings. The van der Waals surface area contributed by atoms with Gasteiger partial charge in [0.15, 0.2) is 0 Å². The zero-order valence-corrected chi connectivity index (χ0v) is 15.1. The lowest BCUT2D eigenvalue weighted by atomic mass is 9.81. The average molecular weight is 365 g/mol. The van der Waals surface area contributed by atoms with Gasteiger partial charge in [-0.1, -0.05) is 67.8 Å². The topological polar surface area (TPSA) is 75.6 Å². The lowest BCUT2D eigenvalue weighted by molar-refractivity contribution is -0.140. The standard InChI is InChI=1S/C22H23NO4/c24-21(25)20(12-14-6-5-7-14)23-22(26)27-13-19-17-10-3-1-8-15(17)16-9-2-4-11-18(16)19/h1-4,8-11,14,19-20H,5-7,12-13H2,(H,23,26)(H,24,25)/t20-/m0/s1. The second kappa shape index (κ2) is 7.43. The first-order chi connectivity index (χ1) is 13.1. The van der Waals surface area contributed by atoms with Crippen LogP contribution < -0.4 is 5.32 Å². The fourth-order valence-corrected chi connectivity index (χ4v) is 4.07. The predicted octanol–water partition coefficient (Wildman–Crippen LogP) is 4.17. The summed E-state index contributed by atoms with van der Waals surface area (Å²) < 4.78 is 5.44. The van der Waals surface area contributed by atoms with Gasteiger partial charge < -0.3 is 15.2 Å². The maximum Gasteiger partial charge on any atom is 0.407 e. The van der Waals surface area contributed by atoms with E-state index in [-0.39, 0.29) is 12.5 Å². The van der Waals surface area contributed by atoms with Gasteiger partial charge in [0, 0.05) is 5.92 Å². The van der Waals surface area contributed by atoms with Crippen molar-refractivity contribution in [2.75, 3.05) is 6.61 Å². The number of nitrogens with one attached hydrogen (secondary N) is 1. The van der Waals surface area contributed by atoms with Crippen molar-refractivity contribution in [2.45, 2.75) is 37.6 Å². The molecule has 140 valence electrons. The molecule has 1 atom stereocenters. The van der Waals surface area contributed by atoms with Crippen LogP contribution in [-0.2, 0) is 9.53 Å². The molecule has 1 saturated carbocycles. The van der Waals surface area contributed by atoms with E-state index in [9.17, 15) is 14.7 Å². The second-order valence-corrected chi connectivity index (χ2v) is 7.39. The maximum atomic E-state index is 12.2. The number of carbonyl (C=O) groups is 2. The molecular weight excluding hydrogens is 342 g/mol. The first-order valence-corrected chi connectivity index (χ1v) is 9.48. The third-order valence-corrected chi connectivity index (χ3v) is 5.73. The van der Waals surface area contributed by atoms with Crippen LogP contribution in [0.25, 0.3) is 11.1 Å². The van der Waals surface area contributed by atoms with Crippen LogP contribution in [0, 0.1) is 5.92 Å². The lowest BCUT2D eigenvalue weighted by Gasteiger charge is -2.28. The van der Waals surface area contributed by atoms with E-state index >= 15 is 0 Å². The molecule has 2 aromatic carbocycles. The third kappa shape index (κ3) is 3.54. The Morgan fingerprint density at radius 1 is 1.04 bits per heavy atom. The number of amides is 1. The number of ether oxygens (including phenoxy) is 1. The summed E-state index contributed by atoms with van der Waals surface area (Å²) in [7, 11) is 0. The van der Waals surface area contributed by atoms with Gasteiger partial charge in [0.1, 0.15) is 12.6 Å². The summed E-state index contributed by atoms with van der Waals surface area (Å²) in [6.07, 6.45) is 3.02. The van der Waals surface area contributed by atoms with Crippen molar-refractivity contribution < 1.29 is 19.4 Å². The van der Waals surface area contributed by atoms with Gasteiger partial charge in [-0.2, -0.15) is 0 Å². The molecule has 0 bridgehead atoms. The monoisotopic (exact) mass is 365 g/mol. The lowest BCUT2D eigenvalue weighted by Crippen LogP contribution is -2.43. The quantitative estimate of drug-likeness (QED) is 0.806. The minimum atomic E-state index is -1.00. The molecule has 0 aromatic heterocycles. The Morgan fingerprint density at radius 2 is 1.63 bits per heavy atom. The number of carboxylic acids is 1. The molecule has 2 N–H and O–H groups in total. The molecule has 2 aromatic rings. The molecule has 0 aliphatic heterocycles. The first kappa shape index (κ1) is 17.6. The van der Waals surface area contributed by atoms with Gasteiger partial charge in [-0.3, -0.25) is 0 Å². The van der Waals surface area contributed by atoms with Crippen molar-refractivity contribution in [1.29, 1.82) is 0 Å². The Labute approximate surface area is 158 Å². The van der Waals surface area contributed by atoms with Gasteiger partial charge in [0.25, 0.3) is 0 Å². The average Bonchev–Trinajstić information content (AvgIpc) is 2.95. The summed E-state index contributed by atoms with van der Waals surface area (Å²) >= 11 is 0. The van der Waals surface area contributed by atoms with Crippen molar-refractivity contribution >= 4 is 12.1 Å². The first-order valence-electron chi connectivity index (χ1n) is 9.48. The van der Waals surface area contributed by atoms with E-state index < -0.39 is 18.1 Å². The van der Waals surface area contributed by atoms with Crippen molar-refractivity contribution in [3.8, 4) is 11.1 Å². The van der Waals surface area contributed by atoms with Crippen LogP contribution in [0.1, 0.15) is 42.7 Å². The van der Waals surface area contributed by atoms with Gasteiger partial charge >= 0.3 is 12.1 Å². The number of benzene rings is 2. The van der Waals surface area contributed by atoms with Crippen LogP contribution in [0.4, 0.5) is 4.79 Å². The fourth-order valence-electron chi connectivity index (χ4n) is 4.07. The summed E-state index contributed by atoms with van der Waals surface area (Å²) in [5, 5.41) is 11.9. The molecule has 0 heterocycles. The third-order valence-electron chi connectivity index (χ3n) is 5.73. The molecular formula is C22H23NO4. The van der Waals surface area contributed by atoms with Crippen molar-refractivity contribution in [2.24, 2.45) is 5.92 Å². The zero-order chi connectivity index (χ0) is 18.8. The van der Waals surface area contributed by atoms with Crippen LogP contribution in [0.15, 0.2) is 48.5 Å². The highest BCUT2D eigenvalue weighted by Crippen LogP contribution is 2.44. The molecule has 2 aliphatic carbocycles. The highest BCUT2D eigenvalue weighted by Gasteiger charge is 2.31. The Hall–Kier alpha value is -2.82. The molecule has 5 nitrogen and oxygen atoms in total. The molecule has 1 amide bonds. The van der Waals surface area contributed by atoms with Crippen LogP contribution >= 0.6 is 0 Å². The van der Waals surface area contributed by atoms with Gasteiger partial charge in [-0.25, -0.2) is 9.59 Å². The van der Waals surface area contributed by atoms with Crippen molar-refractivity contribution in [3.05, 3.63) is 59.7 Å². The number of rotatable bonds is 6. The normalized spacial score (nSPS) is 16.7. The number of alkyl carbamates (subject to hydrolysis) is 1. The van der Waals surface area contributed by atoms with E-state index in [4.69, 9.17) is 4.74 Å². The fraction of sp³-hybridized carbons (Fsp3) is 0.364.